The normalized spacial score (nSPS) is 12.2. The van der Waals surface area contributed by atoms with E-state index in [9.17, 15) is 4.79 Å². The molecule has 0 aliphatic carbocycles. The van der Waals surface area contributed by atoms with E-state index in [-0.39, 0.29) is 11.9 Å². The molecule has 0 unspecified atom stereocenters. The van der Waals surface area contributed by atoms with Crippen molar-refractivity contribution in [3.8, 4) is 0 Å². The summed E-state index contributed by atoms with van der Waals surface area (Å²) < 4.78 is 1.83. The predicted molar refractivity (Wildman–Crippen MR) is 129 cm³/mol. The number of amides is 1. The van der Waals surface area contributed by atoms with E-state index in [1.807, 2.05) is 43.8 Å². The summed E-state index contributed by atoms with van der Waals surface area (Å²) in [5.74, 6) is 0.0289. The molecule has 5 nitrogen and oxygen atoms in total. The lowest BCUT2D eigenvalue weighted by atomic mass is 9.96. The van der Waals surface area contributed by atoms with Gasteiger partial charge in [0.25, 0.3) is 0 Å². The smallest absolute Gasteiger partial charge is 0.221 e. The Bertz CT molecular complexity index is 1260. The first-order valence-corrected chi connectivity index (χ1v) is 11.1. The fraction of sp³-hybridized carbons (Fsp3) is 0.296. The summed E-state index contributed by atoms with van der Waals surface area (Å²) in [4.78, 5) is 17.8. The Hall–Kier alpha value is -3.47. The zero-order chi connectivity index (χ0) is 22.8. The molecule has 4 aromatic rings. The average molecular weight is 427 g/mol. The number of aryl methyl sites for hydroxylation is 5. The largest absolute Gasteiger partial charge is 0.345 e. The van der Waals surface area contributed by atoms with Gasteiger partial charge in [-0.25, -0.2) is 4.98 Å². The highest BCUT2D eigenvalue weighted by atomic mass is 16.1. The number of nitrogens with one attached hydrogen (secondary N) is 1. The summed E-state index contributed by atoms with van der Waals surface area (Å²) in [5.41, 5.74) is 8.49. The number of benzene rings is 2. The van der Waals surface area contributed by atoms with Crippen LogP contribution in [0.5, 0.6) is 0 Å². The highest BCUT2D eigenvalue weighted by molar-refractivity contribution is 5.84. The molecule has 32 heavy (non-hydrogen) atoms. The fourth-order valence-electron chi connectivity index (χ4n) is 4.47. The lowest BCUT2D eigenvalue weighted by Gasteiger charge is -2.20. The number of carbonyl (C=O) groups is 1. The topological polar surface area (TPSA) is 59.8 Å². The maximum Gasteiger partial charge on any atom is 0.221 e. The Kier molecular flexibility index (Phi) is 6.08. The van der Waals surface area contributed by atoms with Gasteiger partial charge in [0.2, 0.25) is 5.91 Å². The summed E-state index contributed by atoms with van der Waals surface area (Å²) in [6.07, 6.45) is 1.06. The molecule has 2 heterocycles. The van der Waals surface area contributed by atoms with E-state index in [0.29, 0.717) is 12.8 Å². The fourth-order valence-corrected chi connectivity index (χ4v) is 4.47. The lowest BCUT2D eigenvalue weighted by molar-refractivity contribution is -0.121. The molecule has 164 valence electrons. The molecule has 1 N–H and O–H groups in total. The minimum atomic E-state index is -0.173. The Morgan fingerprint density at radius 1 is 0.938 bits per heavy atom. The van der Waals surface area contributed by atoms with Gasteiger partial charge in [-0.05, 0) is 56.4 Å². The molecule has 0 saturated heterocycles. The minimum Gasteiger partial charge on any atom is -0.345 e. The Labute approximate surface area is 189 Å². The molecule has 1 atom stereocenters. The Balaban J connectivity index is 1.55. The van der Waals surface area contributed by atoms with Gasteiger partial charge in [-0.3, -0.25) is 9.48 Å². The van der Waals surface area contributed by atoms with Crippen LogP contribution in [-0.2, 0) is 18.3 Å². The molecule has 0 bridgehead atoms. The van der Waals surface area contributed by atoms with Gasteiger partial charge in [0.1, 0.15) is 0 Å². The third-order valence-corrected chi connectivity index (χ3v) is 6.18. The molecule has 0 aliphatic rings. The monoisotopic (exact) mass is 426 g/mol. The molecule has 0 spiro atoms. The quantitative estimate of drug-likeness (QED) is 0.470. The number of hydrogen-bond acceptors (Lipinski definition) is 3. The number of fused-ring (bicyclic) bond motifs is 1. The second kappa shape index (κ2) is 8.95. The number of carbonyl (C=O) groups excluding carboxylic acids is 1. The molecule has 0 fully saturated rings. The van der Waals surface area contributed by atoms with Crippen LogP contribution in [0.15, 0.2) is 54.6 Å². The van der Waals surface area contributed by atoms with Gasteiger partial charge in [0, 0.05) is 24.5 Å². The molecule has 0 saturated carbocycles. The van der Waals surface area contributed by atoms with Crippen molar-refractivity contribution in [2.45, 2.75) is 46.6 Å². The molecule has 0 aliphatic heterocycles. The third kappa shape index (κ3) is 4.28. The first-order valence-electron chi connectivity index (χ1n) is 11.1. The van der Waals surface area contributed by atoms with E-state index in [1.54, 1.807) is 0 Å². The van der Waals surface area contributed by atoms with Crippen LogP contribution in [0.2, 0.25) is 0 Å². The van der Waals surface area contributed by atoms with Crippen LogP contribution in [0.25, 0.3) is 11.0 Å². The Morgan fingerprint density at radius 3 is 2.28 bits per heavy atom. The van der Waals surface area contributed by atoms with Crippen LogP contribution < -0.4 is 5.32 Å². The van der Waals surface area contributed by atoms with Gasteiger partial charge in [-0.2, -0.15) is 5.10 Å². The maximum atomic E-state index is 13.0. The van der Waals surface area contributed by atoms with Gasteiger partial charge in [0.05, 0.1) is 11.7 Å². The van der Waals surface area contributed by atoms with Crippen molar-refractivity contribution in [1.29, 1.82) is 0 Å². The number of nitrogens with zero attached hydrogens (tertiary/aromatic N) is 3. The zero-order valence-corrected chi connectivity index (χ0v) is 19.4. The molecule has 4 rings (SSSR count). The summed E-state index contributed by atoms with van der Waals surface area (Å²) in [6.45, 7) is 8.20. The van der Waals surface area contributed by atoms with E-state index in [0.717, 1.165) is 39.1 Å². The first-order chi connectivity index (χ1) is 15.3. The van der Waals surface area contributed by atoms with Crippen molar-refractivity contribution in [1.82, 2.24) is 20.1 Å². The molecule has 1 amide bonds. The van der Waals surface area contributed by atoms with E-state index >= 15 is 0 Å². The van der Waals surface area contributed by atoms with Crippen molar-refractivity contribution >= 4 is 16.9 Å². The van der Waals surface area contributed by atoms with Crippen LogP contribution in [-0.4, -0.2) is 20.7 Å². The van der Waals surface area contributed by atoms with Gasteiger partial charge in [0.15, 0.2) is 5.65 Å². The lowest BCUT2D eigenvalue weighted by Crippen LogP contribution is -2.29. The summed E-state index contributed by atoms with van der Waals surface area (Å²) >= 11 is 0. The first kappa shape index (κ1) is 21.8. The van der Waals surface area contributed by atoms with Gasteiger partial charge in [-0.1, -0.05) is 60.2 Å². The van der Waals surface area contributed by atoms with Gasteiger partial charge in [-0.15, -0.1) is 0 Å². The Morgan fingerprint density at radius 2 is 1.59 bits per heavy atom. The second-order valence-corrected chi connectivity index (χ2v) is 8.53. The highest BCUT2D eigenvalue weighted by Gasteiger charge is 2.19. The van der Waals surface area contributed by atoms with Crippen molar-refractivity contribution in [2.24, 2.45) is 7.05 Å². The van der Waals surface area contributed by atoms with E-state index in [2.05, 4.69) is 60.7 Å². The molecule has 2 aromatic carbocycles. The van der Waals surface area contributed by atoms with Crippen LogP contribution in [0, 0.1) is 27.7 Å². The zero-order valence-electron chi connectivity index (χ0n) is 19.4. The van der Waals surface area contributed by atoms with Crippen molar-refractivity contribution in [3.63, 3.8) is 0 Å². The van der Waals surface area contributed by atoms with Crippen LogP contribution in [0.3, 0.4) is 0 Å². The molecule has 0 radical (unpaired) electrons. The summed E-state index contributed by atoms with van der Waals surface area (Å²) in [6, 6.07) is 18.3. The summed E-state index contributed by atoms with van der Waals surface area (Å²) in [5, 5.41) is 8.86. The standard InChI is InChI=1S/C27H30N4O/c1-17-11-13-22(14-12-17)26(21-9-7-6-8-10-21)29-24(32)16-15-23-18(2)25-20(4)30-31(5)27(25)28-19(23)3/h6-14,26H,15-16H2,1-5H3,(H,29,32)/t26-/m1/s1. The number of hydrogen-bond donors (Lipinski definition) is 1. The van der Waals surface area contributed by atoms with Crippen LogP contribution >= 0.6 is 0 Å². The van der Waals surface area contributed by atoms with Crippen LogP contribution in [0.4, 0.5) is 0 Å². The third-order valence-electron chi connectivity index (χ3n) is 6.18. The second-order valence-electron chi connectivity index (χ2n) is 8.53. The minimum absolute atomic E-state index is 0.0289. The average Bonchev–Trinajstić information content (AvgIpc) is 3.06. The van der Waals surface area contributed by atoms with Gasteiger partial charge >= 0.3 is 0 Å². The van der Waals surface area contributed by atoms with Crippen LogP contribution in [0.1, 0.15) is 51.7 Å². The maximum absolute atomic E-state index is 13.0. The van der Waals surface area contributed by atoms with E-state index in [4.69, 9.17) is 4.98 Å². The van der Waals surface area contributed by atoms with Crippen molar-refractivity contribution in [2.75, 3.05) is 0 Å². The van der Waals surface area contributed by atoms with Crippen molar-refractivity contribution < 1.29 is 4.79 Å². The highest BCUT2D eigenvalue weighted by Crippen LogP contribution is 2.27. The van der Waals surface area contributed by atoms with E-state index in [1.165, 1.54) is 11.1 Å². The number of aromatic nitrogens is 3. The summed E-state index contributed by atoms with van der Waals surface area (Å²) in [7, 11) is 1.92. The number of pyridine rings is 1. The van der Waals surface area contributed by atoms with E-state index < -0.39 is 0 Å². The SMILES string of the molecule is Cc1ccc([C@H](NC(=O)CCc2c(C)nc3c(c(C)nn3C)c2C)c2ccccc2)cc1. The number of rotatable bonds is 6. The molecular weight excluding hydrogens is 396 g/mol. The van der Waals surface area contributed by atoms with Gasteiger partial charge < -0.3 is 5.32 Å². The van der Waals surface area contributed by atoms with Crippen molar-refractivity contribution in [3.05, 3.63) is 93.8 Å². The predicted octanol–water partition coefficient (Wildman–Crippen LogP) is 5.04. The molecular formula is C27H30N4O. The molecule has 5 heteroatoms. The molecule has 2 aromatic heterocycles.